The molecule has 0 spiro atoms. The summed E-state index contributed by atoms with van der Waals surface area (Å²) in [4.78, 5) is 14.5. The Labute approximate surface area is 77.2 Å². The summed E-state index contributed by atoms with van der Waals surface area (Å²) in [5, 5.41) is 8.50. The van der Waals surface area contributed by atoms with Crippen molar-refractivity contribution in [1.29, 1.82) is 0 Å². The molecule has 0 saturated carbocycles. The molecule has 0 aromatic carbocycles. The molecule has 1 aromatic heterocycles. The normalized spacial score (nSPS) is 10.3. The summed E-state index contributed by atoms with van der Waals surface area (Å²) in [6.45, 7) is 4.51. The Kier molecular flexibility index (Phi) is 3.06. The van der Waals surface area contributed by atoms with E-state index >= 15 is 0 Å². The molecule has 0 atom stereocenters. The minimum absolute atomic E-state index is 0.153. The average Bonchev–Trinajstić information content (AvgIpc) is 2.43. The summed E-state index contributed by atoms with van der Waals surface area (Å²) >= 11 is 0. The molecule has 0 amide bonds. The maximum Gasteiger partial charge on any atom is 0.305 e. The topological polar surface area (TPSA) is 55.1 Å². The van der Waals surface area contributed by atoms with Gasteiger partial charge in [-0.15, -0.1) is 0 Å². The fourth-order valence-electron chi connectivity index (χ4n) is 1.27. The van der Waals surface area contributed by atoms with E-state index in [-0.39, 0.29) is 6.42 Å². The number of rotatable bonds is 4. The molecule has 4 nitrogen and oxygen atoms in total. The van der Waals surface area contributed by atoms with Crippen LogP contribution in [0.25, 0.3) is 0 Å². The lowest BCUT2D eigenvalue weighted by Crippen LogP contribution is -2.05. The summed E-state index contributed by atoms with van der Waals surface area (Å²) in [6.07, 6.45) is 2.75. The first kappa shape index (κ1) is 9.77. The lowest BCUT2D eigenvalue weighted by Gasteiger charge is -2.02. The summed E-state index contributed by atoms with van der Waals surface area (Å²) in [6, 6.07) is 0. The van der Waals surface area contributed by atoms with Crippen LogP contribution < -0.4 is 0 Å². The van der Waals surface area contributed by atoms with Gasteiger partial charge in [0.05, 0.1) is 18.4 Å². The van der Waals surface area contributed by atoms with Crippen molar-refractivity contribution in [3.8, 4) is 0 Å². The van der Waals surface area contributed by atoms with Gasteiger partial charge in [-0.25, -0.2) is 4.98 Å². The zero-order chi connectivity index (χ0) is 9.84. The van der Waals surface area contributed by atoms with Crippen molar-refractivity contribution in [1.82, 2.24) is 9.55 Å². The first-order valence-electron chi connectivity index (χ1n) is 4.37. The maximum absolute atomic E-state index is 10.3. The van der Waals surface area contributed by atoms with Crippen LogP contribution in [0.4, 0.5) is 0 Å². The second kappa shape index (κ2) is 4.07. The standard InChI is InChI=1S/C9H14N2O2/c1-3-8-7(2)11(6-10-8)5-4-9(12)13/h6H,3-5H2,1-2H3,(H,12,13). The van der Waals surface area contributed by atoms with Gasteiger partial charge >= 0.3 is 5.97 Å². The predicted molar refractivity (Wildman–Crippen MR) is 48.6 cm³/mol. The maximum atomic E-state index is 10.3. The van der Waals surface area contributed by atoms with E-state index in [1.54, 1.807) is 6.33 Å². The van der Waals surface area contributed by atoms with Gasteiger partial charge in [-0.05, 0) is 13.3 Å². The molecular weight excluding hydrogens is 168 g/mol. The van der Waals surface area contributed by atoms with E-state index in [9.17, 15) is 4.79 Å². The summed E-state index contributed by atoms with van der Waals surface area (Å²) < 4.78 is 1.88. The van der Waals surface area contributed by atoms with Crippen molar-refractivity contribution < 1.29 is 9.90 Å². The molecule has 1 aromatic rings. The zero-order valence-electron chi connectivity index (χ0n) is 7.95. The number of carbonyl (C=O) groups is 1. The molecule has 0 unspecified atom stereocenters. The molecule has 0 aliphatic heterocycles. The Morgan fingerprint density at radius 1 is 1.69 bits per heavy atom. The van der Waals surface area contributed by atoms with Gasteiger partial charge in [0.25, 0.3) is 0 Å². The summed E-state index contributed by atoms with van der Waals surface area (Å²) in [5.74, 6) is -0.772. The van der Waals surface area contributed by atoms with Crippen LogP contribution in [-0.2, 0) is 17.8 Å². The van der Waals surface area contributed by atoms with E-state index < -0.39 is 5.97 Å². The second-order valence-electron chi connectivity index (χ2n) is 2.97. The number of carboxylic acid groups (broad SMARTS) is 1. The molecule has 0 aliphatic rings. The minimum Gasteiger partial charge on any atom is -0.481 e. The van der Waals surface area contributed by atoms with Gasteiger partial charge in [0, 0.05) is 12.2 Å². The molecule has 1 heterocycles. The third-order valence-corrected chi connectivity index (χ3v) is 2.10. The van der Waals surface area contributed by atoms with Gasteiger partial charge in [0.15, 0.2) is 0 Å². The van der Waals surface area contributed by atoms with Gasteiger partial charge in [0.2, 0.25) is 0 Å². The number of hydrogen-bond acceptors (Lipinski definition) is 2. The van der Waals surface area contributed by atoms with Gasteiger partial charge < -0.3 is 9.67 Å². The van der Waals surface area contributed by atoms with Gasteiger partial charge in [0.1, 0.15) is 0 Å². The quantitative estimate of drug-likeness (QED) is 0.761. The number of aliphatic carboxylic acids is 1. The van der Waals surface area contributed by atoms with Crippen LogP contribution >= 0.6 is 0 Å². The summed E-state index contributed by atoms with van der Waals surface area (Å²) in [5.41, 5.74) is 2.12. The SMILES string of the molecule is CCc1ncn(CCC(=O)O)c1C. The molecule has 1 rings (SSSR count). The lowest BCUT2D eigenvalue weighted by atomic mass is 10.3. The van der Waals surface area contributed by atoms with E-state index in [4.69, 9.17) is 5.11 Å². The van der Waals surface area contributed by atoms with Crippen LogP contribution in [0.2, 0.25) is 0 Å². The lowest BCUT2D eigenvalue weighted by molar-refractivity contribution is -0.137. The zero-order valence-corrected chi connectivity index (χ0v) is 7.95. The summed E-state index contributed by atoms with van der Waals surface area (Å²) in [7, 11) is 0. The number of hydrogen-bond donors (Lipinski definition) is 1. The van der Waals surface area contributed by atoms with E-state index in [1.807, 2.05) is 18.4 Å². The highest BCUT2D eigenvalue weighted by atomic mass is 16.4. The molecule has 72 valence electrons. The van der Waals surface area contributed by atoms with Gasteiger partial charge in [-0.1, -0.05) is 6.92 Å². The highest BCUT2D eigenvalue weighted by Crippen LogP contribution is 2.06. The fraction of sp³-hybridized carbons (Fsp3) is 0.556. The Morgan fingerprint density at radius 3 is 2.85 bits per heavy atom. The molecule has 0 radical (unpaired) electrons. The van der Waals surface area contributed by atoms with Crippen molar-refractivity contribution in [2.75, 3.05) is 0 Å². The number of aromatic nitrogens is 2. The van der Waals surface area contributed by atoms with Crippen LogP contribution in [0.3, 0.4) is 0 Å². The van der Waals surface area contributed by atoms with E-state index in [0.29, 0.717) is 6.54 Å². The minimum atomic E-state index is -0.772. The molecular formula is C9H14N2O2. The van der Waals surface area contributed by atoms with Crippen molar-refractivity contribution in [3.63, 3.8) is 0 Å². The molecule has 0 bridgehead atoms. The highest BCUT2D eigenvalue weighted by molar-refractivity contribution is 5.66. The van der Waals surface area contributed by atoms with Crippen molar-refractivity contribution in [2.24, 2.45) is 0 Å². The molecule has 0 aliphatic carbocycles. The number of aryl methyl sites for hydroxylation is 2. The highest BCUT2D eigenvalue weighted by Gasteiger charge is 2.05. The molecule has 0 saturated heterocycles. The van der Waals surface area contributed by atoms with Crippen LogP contribution in [0.1, 0.15) is 24.7 Å². The van der Waals surface area contributed by atoms with Gasteiger partial charge in [-0.3, -0.25) is 4.79 Å². The third-order valence-electron chi connectivity index (χ3n) is 2.10. The Balaban J connectivity index is 2.67. The largest absolute Gasteiger partial charge is 0.481 e. The van der Waals surface area contributed by atoms with E-state index in [2.05, 4.69) is 4.98 Å². The monoisotopic (exact) mass is 182 g/mol. The van der Waals surface area contributed by atoms with Crippen LogP contribution in [0.5, 0.6) is 0 Å². The van der Waals surface area contributed by atoms with Crippen molar-refractivity contribution >= 4 is 5.97 Å². The first-order valence-corrected chi connectivity index (χ1v) is 4.37. The number of imidazole rings is 1. The second-order valence-corrected chi connectivity index (χ2v) is 2.97. The Morgan fingerprint density at radius 2 is 2.38 bits per heavy atom. The smallest absolute Gasteiger partial charge is 0.305 e. The third kappa shape index (κ3) is 2.31. The molecule has 1 N–H and O–H groups in total. The van der Waals surface area contributed by atoms with Crippen LogP contribution in [0.15, 0.2) is 6.33 Å². The Bertz CT molecular complexity index is 305. The number of nitrogens with zero attached hydrogens (tertiary/aromatic N) is 2. The molecule has 4 heteroatoms. The van der Waals surface area contributed by atoms with Crippen molar-refractivity contribution in [2.45, 2.75) is 33.2 Å². The number of carboxylic acids is 1. The van der Waals surface area contributed by atoms with Crippen molar-refractivity contribution in [3.05, 3.63) is 17.7 Å². The predicted octanol–water partition coefficient (Wildman–Crippen LogP) is 1.23. The van der Waals surface area contributed by atoms with E-state index in [0.717, 1.165) is 17.8 Å². The van der Waals surface area contributed by atoms with Crippen LogP contribution in [-0.4, -0.2) is 20.6 Å². The first-order chi connectivity index (χ1) is 6.15. The van der Waals surface area contributed by atoms with Gasteiger partial charge in [-0.2, -0.15) is 0 Å². The molecule has 13 heavy (non-hydrogen) atoms. The van der Waals surface area contributed by atoms with Crippen LogP contribution in [0, 0.1) is 6.92 Å². The van der Waals surface area contributed by atoms with E-state index in [1.165, 1.54) is 0 Å². The fourth-order valence-corrected chi connectivity index (χ4v) is 1.27. The molecule has 0 fully saturated rings. The Hall–Kier alpha value is -1.32. The average molecular weight is 182 g/mol.